The molecule has 0 fully saturated rings. The zero-order valence-corrected chi connectivity index (χ0v) is 16.9. The SMILES string of the molecule is COc1cccc(Nc2cc(C(=O)Nc3ccc(OC(C)C)cc3)nc(C)n2)c1. The van der Waals surface area contributed by atoms with Gasteiger partial charge in [0, 0.05) is 23.5 Å². The van der Waals surface area contributed by atoms with E-state index in [2.05, 4.69) is 20.6 Å². The van der Waals surface area contributed by atoms with Gasteiger partial charge in [0.2, 0.25) is 0 Å². The lowest BCUT2D eigenvalue weighted by atomic mass is 10.2. The average molecular weight is 392 g/mol. The lowest BCUT2D eigenvalue weighted by Gasteiger charge is -2.11. The number of hydrogen-bond donors (Lipinski definition) is 2. The molecule has 0 saturated heterocycles. The van der Waals surface area contributed by atoms with E-state index in [0.717, 1.165) is 17.2 Å². The predicted molar refractivity (Wildman–Crippen MR) is 113 cm³/mol. The van der Waals surface area contributed by atoms with Crippen LogP contribution in [0.2, 0.25) is 0 Å². The fourth-order valence-electron chi connectivity index (χ4n) is 2.68. The first-order valence-electron chi connectivity index (χ1n) is 9.28. The molecule has 0 aliphatic rings. The molecule has 0 unspecified atom stereocenters. The van der Waals surface area contributed by atoms with Gasteiger partial charge in [-0.3, -0.25) is 4.79 Å². The van der Waals surface area contributed by atoms with E-state index in [1.807, 2.05) is 50.2 Å². The molecule has 29 heavy (non-hydrogen) atoms. The number of benzene rings is 2. The first kappa shape index (κ1) is 20.1. The molecule has 3 rings (SSSR count). The van der Waals surface area contributed by atoms with Gasteiger partial charge in [0.05, 0.1) is 13.2 Å². The number of aromatic nitrogens is 2. The number of nitrogens with one attached hydrogen (secondary N) is 2. The summed E-state index contributed by atoms with van der Waals surface area (Å²) in [7, 11) is 1.61. The number of hydrogen-bond acceptors (Lipinski definition) is 6. The van der Waals surface area contributed by atoms with E-state index in [9.17, 15) is 4.79 Å². The quantitative estimate of drug-likeness (QED) is 0.612. The highest BCUT2D eigenvalue weighted by Gasteiger charge is 2.12. The Labute approximate surface area is 170 Å². The molecule has 1 heterocycles. The third-order valence-corrected chi connectivity index (χ3v) is 3.90. The number of carbonyl (C=O) groups is 1. The predicted octanol–water partition coefficient (Wildman–Crippen LogP) is 4.58. The summed E-state index contributed by atoms with van der Waals surface area (Å²) in [5.41, 5.74) is 1.73. The van der Waals surface area contributed by atoms with Crippen LogP contribution < -0.4 is 20.1 Å². The zero-order chi connectivity index (χ0) is 20.8. The van der Waals surface area contributed by atoms with E-state index in [-0.39, 0.29) is 17.7 Å². The van der Waals surface area contributed by atoms with Crippen molar-refractivity contribution in [3.8, 4) is 11.5 Å². The van der Waals surface area contributed by atoms with Gasteiger partial charge in [0.25, 0.3) is 5.91 Å². The summed E-state index contributed by atoms with van der Waals surface area (Å²) >= 11 is 0. The molecular weight excluding hydrogens is 368 g/mol. The van der Waals surface area contributed by atoms with E-state index in [1.165, 1.54) is 0 Å². The van der Waals surface area contributed by atoms with Crippen LogP contribution in [0.4, 0.5) is 17.2 Å². The molecular formula is C22H24N4O3. The van der Waals surface area contributed by atoms with Gasteiger partial charge >= 0.3 is 0 Å². The van der Waals surface area contributed by atoms with Gasteiger partial charge in [-0.25, -0.2) is 9.97 Å². The number of amides is 1. The van der Waals surface area contributed by atoms with Gasteiger partial charge in [-0.2, -0.15) is 0 Å². The van der Waals surface area contributed by atoms with Crippen LogP contribution >= 0.6 is 0 Å². The number of carbonyl (C=O) groups excluding carboxylic acids is 1. The summed E-state index contributed by atoms with van der Waals surface area (Å²) < 4.78 is 10.8. The van der Waals surface area contributed by atoms with Crippen molar-refractivity contribution in [2.45, 2.75) is 26.9 Å². The van der Waals surface area contributed by atoms with Crippen LogP contribution in [-0.2, 0) is 0 Å². The van der Waals surface area contributed by atoms with Crippen LogP contribution in [0.25, 0.3) is 0 Å². The lowest BCUT2D eigenvalue weighted by Crippen LogP contribution is -2.15. The second-order valence-corrected chi connectivity index (χ2v) is 6.69. The van der Waals surface area contributed by atoms with Gasteiger partial charge in [-0.1, -0.05) is 6.07 Å². The summed E-state index contributed by atoms with van der Waals surface area (Å²) in [4.78, 5) is 21.3. The number of methoxy groups -OCH3 is 1. The molecule has 0 aliphatic heterocycles. The summed E-state index contributed by atoms with van der Waals surface area (Å²) in [5.74, 6) is 2.17. The molecule has 0 saturated carbocycles. The van der Waals surface area contributed by atoms with Crippen molar-refractivity contribution in [3.63, 3.8) is 0 Å². The number of nitrogens with zero attached hydrogens (tertiary/aromatic N) is 2. The Morgan fingerprint density at radius 2 is 1.72 bits per heavy atom. The highest BCUT2D eigenvalue weighted by atomic mass is 16.5. The average Bonchev–Trinajstić information content (AvgIpc) is 2.68. The number of rotatable bonds is 7. The maximum absolute atomic E-state index is 12.7. The Hall–Kier alpha value is -3.61. The van der Waals surface area contributed by atoms with Crippen molar-refractivity contribution >= 4 is 23.1 Å². The summed E-state index contributed by atoms with van der Waals surface area (Å²) in [6, 6.07) is 16.3. The molecule has 1 aromatic heterocycles. The zero-order valence-electron chi connectivity index (χ0n) is 16.9. The minimum atomic E-state index is -0.318. The Bertz CT molecular complexity index is 988. The molecule has 0 radical (unpaired) electrons. The van der Waals surface area contributed by atoms with Crippen LogP contribution in [0, 0.1) is 6.92 Å². The summed E-state index contributed by atoms with van der Waals surface area (Å²) in [6.45, 7) is 5.67. The standard InChI is InChI=1S/C22H24N4O3/c1-14(2)29-18-10-8-16(9-11-18)26-22(27)20-13-21(24-15(3)23-20)25-17-6-5-7-19(12-17)28-4/h5-14H,1-4H3,(H,26,27)(H,23,24,25). The van der Waals surface area contributed by atoms with E-state index in [1.54, 1.807) is 32.2 Å². The molecule has 1 amide bonds. The van der Waals surface area contributed by atoms with Gasteiger partial charge in [0.15, 0.2) is 0 Å². The fourth-order valence-corrected chi connectivity index (χ4v) is 2.68. The van der Waals surface area contributed by atoms with E-state index < -0.39 is 0 Å². The molecule has 2 N–H and O–H groups in total. The Morgan fingerprint density at radius 3 is 2.41 bits per heavy atom. The smallest absolute Gasteiger partial charge is 0.274 e. The minimum Gasteiger partial charge on any atom is -0.497 e. The third-order valence-electron chi connectivity index (χ3n) is 3.90. The minimum absolute atomic E-state index is 0.0925. The van der Waals surface area contributed by atoms with Crippen molar-refractivity contribution in [3.05, 3.63) is 66.1 Å². The van der Waals surface area contributed by atoms with Gasteiger partial charge in [-0.05, 0) is 57.2 Å². The fraction of sp³-hybridized carbons (Fsp3) is 0.227. The molecule has 0 bridgehead atoms. The van der Waals surface area contributed by atoms with E-state index in [0.29, 0.717) is 17.3 Å². The Morgan fingerprint density at radius 1 is 0.966 bits per heavy atom. The molecule has 150 valence electrons. The van der Waals surface area contributed by atoms with Crippen molar-refractivity contribution < 1.29 is 14.3 Å². The molecule has 0 aliphatic carbocycles. The lowest BCUT2D eigenvalue weighted by molar-refractivity contribution is 0.102. The summed E-state index contributed by atoms with van der Waals surface area (Å²) in [5, 5.41) is 6.02. The maximum atomic E-state index is 12.7. The number of aryl methyl sites for hydroxylation is 1. The van der Waals surface area contributed by atoms with Crippen molar-refractivity contribution in [1.29, 1.82) is 0 Å². The number of anilines is 3. The Kier molecular flexibility index (Phi) is 6.29. The first-order valence-corrected chi connectivity index (χ1v) is 9.28. The first-order chi connectivity index (χ1) is 13.9. The Balaban J connectivity index is 1.73. The highest BCUT2D eigenvalue weighted by molar-refractivity contribution is 6.03. The number of ether oxygens (including phenoxy) is 2. The third kappa shape index (κ3) is 5.68. The maximum Gasteiger partial charge on any atom is 0.274 e. The van der Waals surface area contributed by atoms with Crippen LogP contribution in [0.5, 0.6) is 11.5 Å². The van der Waals surface area contributed by atoms with E-state index in [4.69, 9.17) is 9.47 Å². The largest absolute Gasteiger partial charge is 0.497 e. The molecule has 0 atom stereocenters. The van der Waals surface area contributed by atoms with Gasteiger partial charge in [-0.15, -0.1) is 0 Å². The molecule has 7 heteroatoms. The normalized spacial score (nSPS) is 10.5. The molecule has 7 nitrogen and oxygen atoms in total. The van der Waals surface area contributed by atoms with E-state index >= 15 is 0 Å². The summed E-state index contributed by atoms with van der Waals surface area (Å²) in [6.07, 6.45) is 0.0925. The van der Waals surface area contributed by atoms with Crippen LogP contribution in [-0.4, -0.2) is 29.1 Å². The molecule has 3 aromatic rings. The van der Waals surface area contributed by atoms with Crippen molar-refractivity contribution in [2.75, 3.05) is 17.7 Å². The van der Waals surface area contributed by atoms with Crippen molar-refractivity contribution in [1.82, 2.24) is 9.97 Å². The monoisotopic (exact) mass is 392 g/mol. The molecule has 0 spiro atoms. The van der Waals surface area contributed by atoms with Gasteiger partial charge < -0.3 is 20.1 Å². The highest BCUT2D eigenvalue weighted by Crippen LogP contribution is 2.21. The second-order valence-electron chi connectivity index (χ2n) is 6.69. The van der Waals surface area contributed by atoms with Crippen LogP contribution in [0.15, 0.2) is 54.6 Å². The van der Waals surface area contributed by atoms with Crippen molar-refractivity contribution in [2.24, 2.45) is 0 Å². The second kappa shape index (κ2) is 9.05. The van der Waals surface area contributed by atoms with Crippen LogP contribution in [0.3, 0.4) is 0 Å². The topological polar surface area (TPSA) is 85.4 Å². The molecule has 2 aromatic carbocycles. The van der Waals surface area contributed by atoms with Gasteiger partial charge in [0.1, 0.15) is 28.8 Å². The van der Waals surface area contributed by atoms with Crippen LogP contribution in [0.1, 0.15) is 30.2 Å².